The predicted molar refractivity (Wildman–Crippen MR) is 42.1 cm³/mol. The van der Waals surface area contributed by atoms with E-state index < -0.39 is 5.54 Å². The Kier molecular flexibility index (Phi) is 2.13. The molecule has 4 heteroatoms. The molecule has 0 spiro atoms. The largest absolute Gasteiger partial charge is 0.306 e. The maximum atomic E-state index is 10.6. The Morgan fingerprint density at radius 3 is 2.27 bits per heavy atom. The molecule has 0 aromatic heterocycles. The average molecular weight is 158 g/mol. The monoisotopic (exact) mass is 158 g/mol. The van der Waals surface area contributed by atoms with Crippen LogP contribution in [-0.2, 0) is 0 Å². The number of hydrogen-bond donors (Lipinski definition) is 0. The van der Waals surface area contributed by atoms with Gasteiger partial charge in [-0.05, 0) is 7.05 Å². The molecular weight excluding hydrogens is 144 g/mol. The minimum atomic E-state index is -0.660. The summed E-state index contributed by atoms with van der Waals surface area (Å²) in [6, 6.07) is 0. The molecule has 0 atom stereocenters. The summed E-state index contributed by atoms with van der Waals surface area (Å²) in [5.41, 5.74) is -0.660. The molecular formula is C7H14N2O2. The van der Waals surface area contributed by atoms with E-state index in [9.17, 15) is 10.1 Å². The molecule has 1 fully saturated rings. The lowest BCUT2D eigenvalue weighted by molar-refractivity contribution is -0.570. The second-order valence-corrected chi connectivity index (χ2v) is 3.56. The van der Waals surface area contributed by atoms with Crippen LogP contribution in [0.3, 0.4) is 0 Å². The van der Waals surface area contributed by atoms with Gasteiger partial charge in [0.05, 0.1) is 0 Å². The molecule has 0 unspecified atom stereocenters. The Balaban J connectivity index is 2.55. The maximum Gasteiger partial charge on any atom is 0.222 e. The van der Waals surface area contributed by atoms with Gasteiger partial charge in [-0.25, -0.2) is 0 Å². The zero-order valence-electron chi connectivity index (χ0n) is 7.04. The first kappa shape index (κ1) is 8.46. The molecule has 0 radical (unpaired) electrons. The van der Waals surface area contributed by atoms with E-state index in [1.54, 1.807) is 6.92 Å². The highest BCUT2D eigenvalue weighted by atomic mass is 16.6. The topological polar surface area (TPSA) is 46.4 Å². The van der Waals surface area contributed by atoms with Gasteiger partial charge in [-0.2, -0.15) is 0 Å². The van der Waals surface area contributed by atoms with Gasteiger partial charge in [-0.3, -0.25) is 10.1 Å². The minimum Gasteiger partial charge on any atom is -0.306 e. The van der Waals surface area contributed by atoms with Gasteiger partial charge in [0.15, 0.2) is 0 Å². The second kappa shape index (κ2) is 2.77. The Morgan fingerprint density at radius 2 is 1.91 bits per heavy atom. The van der Waals surface area contributed by atoms with Crippen LogP contribution in [-0.4, -0.2) is 35.5 Å². The van der Waals surface area contributed by atoms with Gasteiger partial charge in [0.25, 0.3) is 0 Å². The summed E-state index contributed by atoms with van der Waals surface area (Å²) in [4.78, 5) is 12.6. The molecule has 1 aliphatic heterocycles. The summed E-state index contributed by atoms with van der Waals surface area (Å²) in [6.45, 7) is 3.43. The normalized spacial score (nSPS) is 24.9. The summed E-state index contributed by atoms with van der Waals surface area (Å²) >= 11 is 0. The molecule has 1 aliphatic rings. The van der Waals surface area contributed by atoms with Crippen molar-refractivity contribution in [3.05, 3.63) is 10.1 Å². The molecule has 64 valence electrons. The Bertz CT molecular complexity index is 162. The molecule has 11 heavy (non-hydrogen) atoms. The zero-order chi connectivity index (χ0) is 8.48. The highest BCUT2D eigenvalue weighted by Crippen LogP contribution is 2.23. The summed E-state index contributed by atoms with van der Waals surface area (Å²) in [7, 11) is 2.00. The molecule has 0 N–H and O–H groups in total. The van der Waals surface area contributed by atoms with Crippen LogP contribution in [0.1, 0.15) is 19.8 Å². The molecule has 0 aliphatic carbocycles. The highest BCUT2D eigenvalue weighted by Gasteiger charge is 2.39. The lowest BCUT2D eigenvalue weighted by Gasteiger charge is -2.30. The summed E-state index contributed by atoms with van der Waals surface area (Å²) in [5, 5.41) is 10.6. The van der Waals surface area contributed by atoms with E-state index in [2.05, 4.69) is 4.90 Å². The number of nitro groups is 1. The SMILES string of the molecule is CN1CCC(C)([N+](=O)[O-])CC1. The average Bonchev–Trinajstić information content (AvgIpc) is 1.95. The standard InChI is InChI=1S/C7H14N2O2/c1-7(9(10)11)3-5-8(2)6-4-7/h3-6H2,1-2H3. The molecule has 1 rings (SSSR count). The second-order valence-electron chi connectivity index (χ2n) is 3.56. The van der Waals surface area contributed by atoms with Crippen LogP contribution in [0.25, 0.3) is 0 Å². The molecule has 0 bridgehead atoms. The van der Waals surface area contributed by atoms with Crippen molar-refractivity contribution in [3.63, 3.8) is 0 Å². The first-order chi connectivity index (χ1) is 5.04. The van der Waals surface area contributed by atoms with Crippen LogP contribution in [0.4, 0.5) is 0 Å². The van der Waals surface area contributed by atoms with E-state index in [1.165, 1.54) is 0 Å². The van der Waals surface area contributed by atoms with Crippen molar-refractivity contribution in [1.29, 1.82) is 0 Å². The van der Waals surface area contributed by atoms with E-state index in [1.807, 2.05) is 7.05 Å². The fourth-order valence-corrected chi connectivity index (χ4v) is 1.28. The number of likely N-dealkylation sites (tertiary alicyclic amines) is 1. The first-order valence-corrected chi connectivity index (χ1v) is 3.88. The van der Waals surface area contributed by atoms with Crippen molar-refractivity contribution in [3.8, 4) is 0 Å². The van der Waals surface area contributed by atoms with Crippen LogP contribution in [0.15, 0.2) is 0 Å². The third-order valence-corrected chi connectivity index (χ3v) is 2.50. The van der Waals surface area contributed by atoms with Gasteiger partial charge in [0.1, 0.15) is 0 Å². The van der Waals surface area contributed by atoms with Gasteiger partial charge in [0, 0.05) is 37.8 Å². The van der Waals surface area contributed by atoms with E-state index in [4.69, 9.17) is 0 Å². The minimum absolute atomic E-state index is 0.139. The Hall–Kier alpha value is -0.640. The highest BCUT2D eigenvalue weighted by molar-refractivity contribution is 4.80. The van der Waals surface area contributed by atoms with Gasteiger partial charge in [0.2, 0.25) is 5.54 Å². The number of hydrogen-bond acceptors (Lipinski definition) is 3. The number of piperidine rings is 1. The van der Waals surface area contributed by atoms with Crippen LogP contribution >= 0.6 is 0 Å². The fraction of sp³-hybridized carbons (Fsp3) is 1.00. The summed E-state index contributed by atoms with van der Waals surface area (Å²) < 4.78 is 0. The quantitative estimate of drug-likeness (QED) is 0.418. The summed E-state index contributed by atoms with van der Waals surface area (Å²) in [5.74, 6) is 0. The molecule has 1 heterocycles. The lowest BCUT2D eigenvalue weighted by Crippen LogP contribution is -2.45. The van der Waals surface area contributed by atoms with Gasteiger partial charge < -0.3 is 4.90 Å². The van der Waals surface area contributed by atoms with Crippen molar-refractivity contribution in [2.24, 2.45) is 0 Å². The van der Waals surface area contributed by atoms with Crippen molar-refractivity contribution in [2.75, 3.05) is 20.1 Å². The number of rotatable bonds is 1. The smallest absolute Gasteiger partial charge is 0.222 e. The van der Waals surface area contributed by atoms with Crippen LogP contribution in [0, 0.1) is 10.1 Å². The molecule has 0 aromatic carbocycles. The molecule has 4 nitrogen and oxygen atoms in total. The van der Waals surface area contributed by atoms with Gasteiger partial charge in [-0.1, -0.05) is 0 Å². The van der Waals surface area contributed by atoms with Crippen molar-refractivity contribution in [1.82, 2.24) is 4.90 Å². The molecule has 0 saturated carbocycles. The third-order valence-electron chi connectivity index (χ3n) is 2.50. The first-order valence-electron chi connectivity index (χ1n) is 3.88. The van der Waals surface area contributed by atoms with Gasteiger partial charge >= 0.3 is 0 Å². The fourth-order valence-electron chi connectivity index (χ4n) is 1.28. The Labute approximate surface area is 66.3 Å². The molecule has 0 aromatic rings. The zero-order valence-corrected chi connectivity index (χ0v) is 7.04. The lowest BCUT2D eigenvalue weighted by atomic mass is 9.91. The van der Waals surface area contributed by atoms with Crippen LogP contribution < -0.4 is 0 Å². The van der Waals surface area contributed by atoms with Gasteiger partial charge in [-0.15, -0.1) is 0 Å². The molecule has 1 saturated heterocycles. The Morgan fingerprint density at radius 1 is 1.45 bits per heavy atom. The molecule has 0 amide bonds. The van der Waals surface area contributed by atoms with E-state index in [0.29, 0.717) is 12.8 Å². The summed E-state index contributed by atoms with van der Waals surface area (Å²) in [6.07, 6.45) is 1.35. The van der Waals surface area contributed by atoms with E-state index >= 15 is 0 Å². The van der Waals surface area contributed by atoms with Crippen LogP contribution in [0.2, 0.25) is 0 Å². The number of nitrogens with zero attached hydrogens (tertiary/aromatic N) is 2. The van der Waals surface area contributed by atoms with E-state index in [-0.39, 0.29) is 4.92 Å². The van der Waals surface area contributed by atoms with Crippen molar-refractivity contribution < 1.29 is 4.92 Å². The van der Waals surface area contributed by atoms with E-state index in [0.717, 1.165) is 13.1 Å². The predicted octanol–water partition coefficient (Wildman–Crippen LogP) is 0.747. The van der Waals surface area contributed by atoms with Crippen molar-refractivity contribution >= 4 is 0 Å². The third kappa shape index (κ3) is 1.68. The van der Waals surface area contributed by atoms with Crippen molar-refractivity contribution in [2.45, 2.75) is 25.3 Å². The maximum absolute atomic E-state index is 10.6. The van der Waals surface area contributed by atoms with Crippen LogP contribution in [0.5, 0.6) is 0 Å².